The van der Waals surface area contributed by atoms with E-state index in [1.54, 1.807) is 18.5 Å². The Morgan fingerprint density at radius 1 is 1.33 bits per heavy atom. The predicted octanol–water partition coefficient (Wildman–Crippen LogP) is 2.81. The quantitative estimate of drug-likeness (QED) is 0.629. The Morgan fingerprint density at radius 2 is 2.26 bits per heavy atom. The van der Waals surface area contributed by atoms with Crippen molar-refractivity contribution in [3.05, 3.63) is 47.9 Å². The lowest BCUT2D eigenvalue weighted by molar-refractivity contribution is -0.120. The molecule has 1 aliphatic heterocycles. The Morgan fingerprint density at radius 3 is 3.15 bits per heavy atom. The van der Waals surface area contributed by atoms with Crippen LogP contribution in [0.25, 0.3) is 11.0 Å². The standard InChI is InChI=1S/C19H21ClN6O/c20-13-3-1-4-14(9-13)22-10-17(27)25-15-5-2-8-26(11-15)19-16-6-7-21-18(16)23-12-24-19/h1,3-4,6-7,9,12,15,22H,2,5,8,10-11H2,(H,25,27)(H,21,23,24)/t15-/m1/s1. The summed E-state index contributed by atoms with van der Waals surface area (Å²) < 4.78 is 0. The number of fused-ring (bicyclic) bond motifs is 1. The van der Waals surface area contributed by atoms with E-state index >= 15 is 0 Å². The van der Waals surface area contributed by atoms with Gasteiger partial charge in [-0.3, -0.25) is 4.79 Å². The number of aromatic amines is 1. The van der Waals surface area contributed by atoms with Gasteiger partial charge in [-0.2, -0.15) is 0 Å². The number of nitrogens with zero attached hydrogens (tertiary/aromatic N) is 3. The van der Waals surface area contributed by atoms with E-state index in [-0.39, 0.29) is 18.5 Å². The summed E-state index contributed by atoms with van der Waals surface area (Å²) in [5.74, 6) is 0.883. The maximum atomic E-state index is 12.3. The zero-order valence-corrected chi connectivity index (χ0v) is 15.5. The van der Waals surface area contributed by atoms with E-state index in [1.165, 1.54) is 0 Å². The molecule has 0 aliphatic carbocycles. The van der Waals surface area contributed by atoms with Crippen molar-refractivity contribution >= 4 is 40.0 Å². The average Bonchev–Trinajstić information content (AvgIpc) is 3.15. The molecule has 4 rings (SSSR count). The number of rotatable bonds is 5. The molecule has 1 atom stereocenters. The largest absolute Gasteiger partial charge is 0.376 e. The van der Waals surface area contributed by atoms with E-state index in [0.717, 1.165) is 48.5 Å². The monoisotopic (exact) mass is 384 g/mol. The molecule has 3 heterocycles. The second-order valence-corrected chi connectivity index (χ2v) is 7.09. The second-order valence-electron chi connectivity index (χ2n) is 6.65. The molecule has 1 fully saturated rings. The van der Waals surface area contributed by atoms with Crippen LogP contribution < -0.4 is 15.5 Å². The first-order chi connectivity index (χ1) is 13.2. The van der Waals surface area contributed by atoms with Crippen LogP contribution in [0.15, 0.2) is 42.9 Å². The van der Waals surface area contributed by atoms with Crippen LogP contribution in [0, 0.1) is 0 Å². The van der Waals surface area contributed by atoms with E-state index in [1.807, 2.05) is 24.4 Å². The molecule has 8 heteroatoms. The van der Waals surface area contributed by atoms with Gasteiger partial charge in [0.2, 0.25) is 5.91 Å². The molecular formula is C19H21ClN6O. The van der Waals surface area contributed by atoms with Gasteiger partial charge in [-0.25, -0.2) is 9.97 Å². The van der Waals surface area contributed by atoms with Crippen LogP contribution in [0.4, 0.5) is 11.5 Å². The summed E-state index contributed by atoms with van der Waals surface area (Å²) in [6.45, 7) is 1.87. The third kappa shape index (κ3) is 4.14. The fourth-order valence-electron chi connectivity index (χ4n) is 3.46. The number of carbonyl (C=O) groups is 1. The number of amides is 1. The minimum absolute atomic E-state index is 0.0312. The maximum absolute atomic E-state index is 12.3. The number of carbonyl (C=O) groups excluding carboxylic acids is 1. The van der Waals surface area contributed by atoms with Crippen LogP contribution in [0.5, 0.6) is 0 Å². The molecule has 27 heavy (non-hydrogen) atoms. The summed E-state index contributed by atoms with van der Waals surface area (Å²) in [6.07, 6.45) is 5.40. The number of hydrogen-bond donors (Lipinski definition) is 3. The van der Waals surface area contributed by atoms with E-state index < -0.39 is 0 Å². The predicted molar refractivity (Wildman–Crippen MR) is 107 cm³/mol. The zero-order chi connectivity index (χ0) is 18.6. The SMILES string of the molecule is O=C(CNc1cccc(Cl)c1)N[C@@H]1CCCN(c2ncnc3[nH]ccc23)C1. The molecular weight excluding hydrogens is 364 g/mol. The highest BCUT2D eigenvalue weighted by molar-refractivity contribution is 6.30. The third-order valence-corrected chi connectivity index (χ3v) is 4.93. The van der Waals surface area contributed by atoms with Gasteiger partial charge in [0.1, 0.15) is 17.8 Å². The molecule has 0 unspecified atom stereocenters. The molecule has 7 nitrogen and oxygen atoms in total. The van der Waals surface area contributed by atoms with Crippen molar-refractivity contribution in [2.24, 2.45) is 0 Å². The van der Waals surface area contributed by atoms with Crippen molar-refractivity contribution in [1.29, 1.82) is 0 Å². The van der Waals surface area contributed by atoms with Crippen LogP contribution >= 0.6 is 11.6 Å². The summed E-state index contributed by atoms with van der Waals surface area (Å²) in [6, 6.07) is 9.43. The van der Waals surface area contributed by atoms with Crippen LogP contribution in [0.3, 0.4) is 0 Å². The Kier molecular flexibility index (Phi) is 5.11. The molecule has 3 N–H and O–H groups in total. The molecule has 1 amide bonds. The van der Waals surface area contributed by atoms with Crippen molar-refractivity contribution in [3.8, 4) is 0 Å². The lowest BCUT2D eigenvalue weighted by atomic mass is 10.1. The fraction of sp³-hybridized carbons (Fsp3) is 0.316. The molecule has 1 aliphatic rings. The summed E-state index contributed by atoms with van der Waals surface area (Å²) >= 11 is 5.96. The Balaban J connectivity index is 1.35. The highest BCUT2D eigenvalue weighted by Crippen LogP contribution is 2.25. The third-order valence-electron chi connectivity index (χ3n) is 4.70. The summed E-state index contributed by atoms with van der Waals surface area (Å²) in [5, 5.41) is 7.87. The number of H-pyrrole nitrogens is 1. The smallest absolute Gasteiger partial charge is 0.239 e. The molecule has 140 valence electrons. The van der Waals surface area contributed by atoms with Gasteiger partial charge in [0.15, 0.2) is 0 Å². The number of halogens is 1. The molecule has 0 radical (unpaired) electrons. The summed E-state index contributed by atoms with van der Waals surface area (Å²) in [4.78, 5) is 26.4. The van der Waals surface area contributed by atoms with Crippen molar-refractivity contribution in [3.63, 3.8) is 0 Å². The van der Waals surface area contributed by atoms with Gasteiger partial charge in [-0.1, -0.05) is 17.7 Å². The highest BCUT2D eigenvalue weighted by Gasteiger charge is 2.23. The normalized spacial score (nSPS) is 17.1. The van der Waals surface area contributed by atoms with Gasteiger partial charge in [0.25, 0.3) is 0 Å². The lowest BCUT2D eigenvalue weighted by Crippen LogP contribution is -2.49. The number of benzene rings is 1. The van der Waals surface area contributed by atoms with Gasteiger partial charge in [0, 0.05) is 36.0 Å². The minimum atomic E-state index is -0.0312. The van der Waals surface area contributed by atoms with Gasteiger partial charge >= 0.3 is 0 Å². The molecule has 0 spiro atoms. The Bertz CT molecular complexity index is 943. The molecule has 3 aromatic rings. The van der Waals surface area contributed by atoms with Crippen LogP contribution in [-0.4, -0.2) is 46.5 Å². The van der Waals surface area contributed by atoms with E-state index in [0.29, 0.717) is 5.02 Å². The van der Waals surface area contributed by atoms with Gasteiger partial charge < -0.3 is 20.5 Å². The average molecular weight is 385 g/mol. The topological polar surface area (TPSA) is 85.9 Å². The van der Waals surface area contributed by atoms with Crippen molar-refractivity contribution < 1.29 is 4.79 Å². The van der Waals surface area contributed by atoms with Crippen LogP contribution in [-0.2, 0) is 4.79 Å². The Labute approximate surface area is 162 Å². The van der Waals surface area contributed by atoms with Crippen molar-refractivity contribution in [1.82, 2.24) is 20.3 Å². The first-order valence-electron chi connectivity index (χ1n) is 9.01. The van der Waals surface area contributed by atoms with Crippen LogP contribution in [0.1, 0.15) is 12.8 Å². The maximum Gasteiger partial charge on any atom is 0.239 e. The van der Waals surface area contributed by atoms with E-state index in [9.17, 15) is 4.79 Å². The Hall–Kier alpha value is -2.80. The van der Waals surface area contributed by atoms with E-state index in [4.69, 9.17) is 11.6 Å². The number of nitrogens with one attached hydrogen (secondary N) is 3. The number of hydrogen-bond acceptors (Lipinski definition) is 5. The van der Waals surface area contributed by atoms with Gasteiger partial charge in [-0.05, 0) is 37.1 Å². The lowest BCUT2D eigenvalue weighted by Gasteiger charge is -2.34. The summed E-state index contributed by atoms with van der Waals surface area (Å²) in [7, 11) is 0. The van der Waals surface area contributed by atoms with Gasteiger partial charge in [-0.15, -0.1) is 0 Å². The number of anilines is 2. The van der Waals surface area contributed by atoms with Crippen molar-refractivity contribution in [2.45, 2.75) is 18.9 Å². The second kappa shape index (κ2) is 7.84. The fourth-order valence-corrected chi connectivity index (χ4v) is 3.65. The minimum Gasteiger partial charge on any atom is -0.376 e. The van der Waals surface area contributed by atoms with Crippen LogP contribution in [0.2, 0.25) is 5.02 Å². The number of aromatic nitrogens is 3. The molecule has 1 saturated heterocycles. The van der Waals surface area contributed by atoms with Crippen molar-refractivity contribution in [2.75, 3.05) is 29.9 Å². The molecule has 2 aromatic heterocycles. The first kappa shape index (κ1) is 17.6. The van der Waals surface area contributed by atoms with Gasteiger partial charge in [0.05, 0.1) is 11.9 Å². The molecule has 0 saturated carbocycles. The highest BCUT2D eigenvalue weighted by atomic mass is 35.5. The first-order valence-corrected chi connectivity index (χ1v) is 9.39. The summed E-state index contributed by atoms with van der Waals surface area (Å²) in [5.41, 5.74) is 1.66. The molecule has 0 bridgehead atoms. The zero-order valence-electron chi connectivity index (χ0n) is 14.8. The number of piperidine rings is 1. The van der Waals surface area contributed by atoms with E-state index in [2.05, 4.69) is 30.5 Å². The molecule has 1 aromatic carbocycles.